The van der Waals surface area contributed by atoms with E-state index >= 15 is 0 Å². The standard InChI is InChI=1S/C15H26N4O3S.ClH/c1-4-9-17-13-8-7-12(10-14(13)18-15(20)11-16)23(21,22)19(5-2)6-3;/h7-8,10,17H,4-6,9,11,16H2,1-3H3,(H,18,20);1H. The molecule has 4 N–H and O–H groups in total. The molecule has 138 valence electrons. The Labute approximate surface area is 150 Å². The smallest absolute Gasteiger partial charge is 0.243 e. The van der Waals surface area contributed by atoms with Gasteiger partial charge in [-0.25, -0.2) is 8.42 Å². The maximum Gasteiger partial charge on any atom is 0.243 e. The number of nitrogens with one attached hydrogen (secondary N) is 2. The number of carbonyl (C=O) groups is 1. The first-order valence-corrected chi connectivity index (χ1v) is 9.22. The molecular weight excluding hydrogens is 352 g/mol. The van der Waals surface area contributed by atoms with Crippen LogP contribution in [0.4, 0.5) is 11.4 Å². The lowest BCUT2D eigenvalue weighted by molar-refractivity contribution is -0.114. The van der Waals surface area contributed by atoms with Crippen molar-refractivity contribution in [3.63, 3.8) is 0 Å². The third kappa shape index (κ3) is 5.62. The molecule has 0 atom stereocenters. The van der Waals surface area contributed by atoms with Crippen LogP contribution >= 0.6 is 12.4 Å². The summed E-state index contributed by atoms with van der Waals surface area (Å²) in [5.41, 5.74) is 6.42. The fraction of sp³-hybridized carbons (Fsp3) is 0.533. The highest BCUT2D eigenvalue weighted by molar-refractivity contribution is 7.89. The van der Waals surface area contributed by atoms with Gasteiger partial charge >= 0.3 is 0 Å². The van der Waals surface area contributed by atoms with E-state index in [1.165, 1.54) is 10.4 Å². The molecule has 0 heterocycles. The SMILES string of the molecule is CCCNc1ccc(S(=O)(=O)N(CC)CC)cc1NC(=O)CN.Cl. The minimum atomic E-state index is -3.58. The number of carbonyl (C=O) groups excluding carboxylic acids is 1. The van der Waals surface area contributed by atoms with Crippen LogP contribution in [-0.4, -0.2) is 44.8 Å². The molecule has 0 unspecified atom stereocenters. The molecule has 0 aliphatic rings. The molecule has 1 rings (SSSR count). The summed E-state index contributed by atoms with van der Waals surface area (Å²) < 4.78 is 26.6. The highest BCUT2D eigenvalue weighted by Gasteiger charge is 2.22. The van der Waals surface area contributed by atoms with Crippen molar-refractivity contribution in [3.8, 4) is 0 Å². The molecule has 1 aromatic rings. The molecule has 9 heteroatoms. The average Bonchev–Trinajstić information content (AvgIpc) is 2.54. The molecular formula is C15H27ClN4O3S. The Bertz CT molecular complexity index is 634. The minimum Gasteiger partial charge on any atom is -0.383 e. The fourth-order valence-electron chi connectivity index (χ4n) is 2.11. The summed E-state index contributed by atoms with van der Waals surface area (Å²) >= 11 is 0. The van der Waals surface area contributed by atoms with E-state index in [-0.39, 0.29) is 29.8 Å². The second-order valence-electron chi connectivity index (χ2n) is 4.98. The molecule has 1 aromatic carbocycles. The van der Waals surface area contributed by atoms with Gasteiger partial charge in [-0.1, -0.05) is 20.8 Å². The summed E-state index contributed by atoms with van der Waals surface area (Å²) in [5.74, 6) is -0.373. The maximum atomic E-state index is 12.6. The van der Waals surface area contributed by atoms with E-state index in [9.17, 15) is 13.2 Å². The van der Waals surface area contributed by atoms with E-state index in [1.807, 2.05) is 6.92 Å². The van der Waals surface area contributed by atoms with Gasteiger partial charge in [0.2, 0.25) is 15.9 Å². The quantitative estimate of drug-likeness (QED) is 0.608. The van der Waals surface area contributed by atoms with Gasteiger partial charge in [0.25, 0.3) is 0 Å². The first-order valence-electron chi connectivity index (χ1n) is 7.78. The van der Waals surface area contributed by atoms with Gasteiger partial charge in [-0.3, -0.25) is 4.79 Å². The normalized spacial score (nSPS) is 11.0. The van der Waals surface area contributed by atoms with Gasteiger partial charge in [-0.15, -0.1) is 12.4 Å². The second-order valence-corrected chi connectivity index (χ2v) is 6.91. The van der Waals surface area contributed by atoms with E-state index in [0.29, 0.717) is 31.0 Å². The van der Waals surface area contributed by atoms with Crippen molar-refractivity contribution in [3.05, 3.63) is 18.2 Å². The molecule has 0 aliphatic carbocycles. The summed E-state index contributed by atoms with van der Waals surface area (Å²) in [5, 5.41) is 5.81. The number of benzene rings is 1. The first kappa shape index (κ1) is 22.6. The molecule has 1 amide bonds. The van der Waals surface area contributed by atoms with Gasteiger partial charge in [0, 0.05) is 19.6 Å². The Kier molecular flexibility index (Phi) is 9.91. The number of nitrogens with zero attached hydrogens (tertiary/aromatic N) is 1. The Balaban J connectivity index is 0.00000529. The fourth-order valence-corrected chi connectivity index (χ4v) is 3.60. The number of rotatable bonds is 9. The van der Waals surface area contributed by atoms with Crippen LogP contribution in [0.1, 0.15) is 27.2 Å². The third-order valence-electron chi connectivity index (χ3n) is 3.36. The topological polar surface area (TPSA) is 105 Å². The lowest BCUT2D eigenvalue weighted by atomic mass is 10.2. The molecule has 7 nitrogen and oxygen atoms in total. The molecule has 0 spiro atoms. The van der Waals surface area contributed by atoms with Crippen molar-refractivity contribution < 1.29 is 13.2 Å². The molecule has 0 radical (unpaired) electrons. The minimum absolute atomic E-state index is 0. The van der Waals surface area contributed by atoms with E-state index in [2.05, 4.69) is 10.6 Å². The average molecular weight is 379 g/mol. The Morgan fingerprint density at radius 3 is 2.29 bits per heavy atom. The number of hydrogen-bond donors (Lipinski definition) is 3. The van der Waals surface area contributed by atoms with Crippen LogP contribution in [0.2, 0.25) is 0 Å². The summed E-state index contributed by atoms with van der Waals surface area (Å²) in [4.78, 5) is 11.7. The van der Waals surface area contributed by atoms with Gasteiger partial charge < -0.3 is 16.4 Å². The third-order valence-corrected chi connectivity index (χ3v) is 5.41. The van der Waals surface area contributed by atoms with Crippen LogP contribution in [-0.2, 0) is 14.8 Å². The van der Waals surface area contributed by atoms with Crippen LogP contribution in [0.3, 0.4) is 0 Å². The Morgan fingerprint density at radius 2 is 1.79 bits per heavy atom. The number of halogens is 1. The number of hydrogen-bond acceptors (Lipinski definition) is 5. The van der Waals surface area contributed by atoms with Crippen molar-refractivity contribution in [1.29, 1.82) is 0 Å². The van der Waals surface area contributed by atoms with Crippen molar-refractivity contribution in [2.24, 2.45) is 5.73 Å². The zero-order valence-corrected chi connectivity index (χ0v) is 16.0. The predicted octanol–water partition coefficient (Wildman–Crippen LogP) is 1.86. The van der Waals surface area contributed by atoms with Gasteiger partial charge in [0.1, 0.15) is 0 Å². The summed E-state index contributed by atoms with van der Waals surface area (Å²) in [7, 11) is -3.58. The Hall–Kier alpha value is -1.35. The van der Waals surface area contributed by atoms with Crippen LogP contribution in [0, 0.1) is 0 Å². The van der Waals surface area contributed by atoms with Crippen LogP contribution in [0.15, 0.2) is 23.1 Å². The number of sulfonamides is 1. The lowest BCUT2D eigenvalue weighted by Crippen LogP contribution is -2.30. The zero-order valence-electron chi connectivity index (χ0n) is 14.3. The zero-order chi connectivity index (χ0) is 17.5. The largest absolute Gasteiger partial charge is 0.383 e. The van der Waals surface area contributed by atoms with Crippen molar-refractivity contribution >= 4 is 39.7 Å². The highest BCUT2D eigenvalue weighted by atomic mass is 35.5. The molecule has 0 saturated carbocycles. The predicted molar refractivity (Wildman–Crippen MR) is 100 cm³/mol. The van der Waals surface area contributed by atoms with E-state index < -0.39 is 10.0 Å². The van der Waals surface area contributed by atoms with E-state index in [1.54, 1.807) is 26.0 Å². The maximum absolute atomic E-state index is 12.6. The van der Waals surface area contributed by atoms with Crippen LogP contribution in [0.5, 0.6) is 0 Å². The van der Waals surface area contributed by atoms with Crippen molar-refractivity contribution in [2.45, 2.75) is 32.1 Å². The van der Waals surface area contributed by atoms with E-state index in [4.69, 9.17) is 5.73 Å². The lowest BCUT2D eigenvalue weighted by Gasteiger charge is -2.20. The molecule has 0 saturated heterocycles. The molecule has 24 heavy (non-hydrogen) atoms. The van der Waals surface area contributed by atoms with Gasteiger partial charge in [0.05, 0.1) is 22.8 Å². The monoisotopic (exact) mass is 378 g/mol. The summed E-state index contributed by atoms with van der Waals surface area (Å²) in [6.45, 7) is 6.92. The van der Waals surface area contributed by atoms with Gasteiger partial charge in [-0.05, 0) is 24.6 Å². The van der Waals surface area contributed by atoms with E-state index in [0.717, 1.165) is 6.42 Å². The van der Waals surface area contributed by atoms with Gasteiger partial charge in [0.15, 0.2) is 0 Å². The van der Waals surface area contributed by atoms with Gasteiger partial charge in [-0.2, -0.15) is 4.31 Å². The number of anilines is 2. The number of amides is 1. The molecule has 0 fully saturated rings. The van der Waals surface area contributed by atoms with Crippen LogP contribution < -0.4 is 16.4 Å². The van der Waals surface area contributed by atoms with Crippen LogP contribution in [0.25, 0.3) is 0 Å². The summed E-state index contributed by atoms with van der Waals surface area (Å²) in [6, 6.07) is 4.68. The summed E-state index contributed by atoms with van der Waals surface area (Å²) in [6.07, 6.45) is 0.907. The van der Waals surface area contributed by atoms with Crippen molar-refractivity contribution in [1.82, 2.24) is 4.31 Å². The molecule has 0 bridgehead atoms. The molecule has 0 aliphatic heterocycles. The first-order chi connectivity index (χ1) is 10.9. The van der Waals surface area contributed by atoms with Crippen molar-refractivity contribution in [2.75, 3.05) is 36.8 Å². The molecule has 0 aromatic heterocycles. The number of nitrogens with two attached hydrogens (primary N) is 1. The highest BCUT2D eigenvalue weighted by Crippen LogP contribution is 2.27. The Morgan fingerprint density at radius 1 is 1.17 bits per heavy atom. The second kappa shape index (κ2) is 10.5.